The van der Waals surface area contributed by atoms with Crippen LogP contribution in [-0.2, 0) is 17.8 Å². The molecule has 0 aliphatic carbocycles. The summed E-state index contributed by atoms with van der Waals surface area (Å²) in [5.41, 5.74) is 5.72. The van der Waals surface area contributed by atoms with Gasteiger partial charge in [-0.25, -0.2) is 9.50 Å². The Kier molecular flexibility index (Phi) is 6.13. The molecule has 2 aromatic carbocycles. The first-order valence-corrected chi connectivity index (χ1v) is 12.4. The lowest BCUT2D eigenvalue weighted by Crippen LogP contribution is -2.43. The molecule has 3 heterocycles. The number of nitrogens with one attached hydrogen (secondary N) is 1. The molecular formula is C26H29N5OS. The number of nitrogens with zero attached hydrogens (tertiary/aromatic N) is 4. The largest absolute Gasteiger partial charge is 0.352 e. The minimum absolute atomic E-state index is 0.0204. The maximum atomic E-state index is 12.8. The summed E-state index contributed by atoms with van der Waals surface area (Å²) in [7, 11) is 0. The SMILES string of the molecule is CCc1ccc(CNC(=O)C2CCCN(c3nn4cc(-c5ccc(C)cc5)nc4s3)C2)cc1. The van der Waals surface area contributed by atoms with Crippen molar-refractivity contribution in [2.24, 2.45) is 5.92 Å². The van der Waals surface area contributed by atoms with E-state index in [0.717, 1.165) is 52.7 Å². The minimum atomic E-state index is -0.0204. The molecule has 1 unspecified atom stereocenters. The van der Waals surface area contributed by atoms with E-state index in [0.29, 0.717) is 13.1 Å². The zero-order valence-electron chi connectivity index (χ0n) is 19.1. The number of amides is 1. The van der Waals surface area contributed by atoms with Crippen LogP contribution in [0.25, 0.3) is 16.2 Å². The van der Waals surface area contributed by atoms with Crippen molar-refractivity contribution >= 4 is 27.3 Å². The van der Waals surface area contributed by atoms with E-state index in [2.05, 4.69) is 72.6 Å². The molecule has 1 N–H and O–H groups in total. The standard InChI is InChI=1S/C26H29N5OS/c1-3-19-8-10-20(11-9-19)15-27-24(32)22-5-4-14-30(16-22)26-29-31-17-23(28-25(31)33-26)21-12-6-18(2)7-13-21/h6-13,17,22H,3-5,14-16H2,1-2H3,(H,27,32). The molecule has 5 rings (SSSR count). The van der Waals surface area contributed by atoms with E-state index >= 15 is 0 Å². The number of imidazole rings is 1. The first-order valence-electron chi connectivity index (χ1n) is 11.6. The Balaban J connectivity index is 1.22. The van der Waals surface area contributed by atoms with Crippen molar-refractivity contribution < 1.29 is 4.79 Å². The summed E-state index contributed by atoms with van der Waals surface area (Å²) in [6.45, 7) is 6.42. The van der Waals surface area contributed by atoms with Gasteiger partial charge in [-0.15, -0.1) is 5.10 Å². The van der Waals surface area contributed by atoms with Crippen LogP contribution in [0.3, 0.4) is 0 Å². The average Bonchev–Trinajstić information content (AvgIpc) is 3.43. The zero-order chi connectivity index (χ0) is 22.8. The molecule has 0 radical (unpaired) electrons. The van der Waals surface area contributed by atoms with Crippen LogP contribution in [0.2, 0.25) is 0 Å². The first-order chi connectivity index (χ1) is 16.1. The number of anilines is 1. The molecule has 1 atom stereocenters. The van der Waals surface area contributed by atoms with Crippen LogP contribution in [0.5, 0.6) is 0 Å². The fraction of sp³-hybridized carbons (Fsp3) is 0.346. The second kappa shape index (κ2) is 9.35. The number of aromatic nitrogens is 3. The van der Waals surface area contributed by atoms with Gasteiger partial charge < -0.3 is 10.2 Å². The number of rotatable bonds is 6. The van der Waals surface area contributed by atoms with Gasteiger partial charge in [-0.05, 0) is 37.3 Å². The molecule has 1 aliphatic rings. The quantitative estimate of drug-likeness (QED) is 0.447. The summed E-state index contributed by atoms with van der Waals surface area (Å²) in [6, 6.07) is 16.8. The van der Waals surface area contributed by atoms with Crippen molar-refractivity contribution in [2.75, 3.05) is 18.0 Å². The Hall–Kier alpha value is -3.19. The number of fused-ring (bicyclic) bond motifs is 1. The van der Waals surface area contributed by atoms with Crippen LogP contribution < -0.4 is 10.2 Å². The predicted molar refractivity (Wildman–Crippen MR) is 134 cm³/mol. The third-order valence-corrected chi connectivity index (χ3v) is 7.32. The number of benzene rings is 2. The van der Waals surface area contributed by atoms with Crippen LogP contribution in [0.1, 0.15) is 36.5 Å². The van der Waals surface area contributed by atoms with E-state index in [-0.39, 0.29) is 11.8 Å². The minimum Gasteiger partial charge on any atom is -0.352 e. The lowest BCUT2D eigenvalue weighted by Gasteiger charge is -2.31. The highest BCUT2D eigenvalue weighted by Gasteiger charge is 2.27. The Morgan fingerprint density at radius 3 is 2.61 bits per heavy atom. The molecule has 0 saturated carbocycles. The van der Waals surface area contributed by atoms with Gasteiger partial charge >= 0.3 is 0 Å². The number of hydrogen-bond donors (Lipinski definition) is 1. The van der Waals surface area contributed by atoms with Gasteiger partial charge in [0.2, 0.25) is 16.0 Å². The molecule has 0 bridgehead atoms. The molecule has 170 valence electrons. The van der Waals surface area contributed by atoms with Crippen molar-refractivity contribution in [3.8, 4) is 11.3 Å². The smallest absolute Gasteiger partial charge is 0.225 e. The van der Waals surface area contributed by atoms with E-state index in [1.54, 1.807) is 11.3 Å². The van der Waals surface area contributed by atoms with E-state index in [1.165, 1.54) is 11.1 Å². The molecule has 1 saturated heterocycles. The summed E-state index contributed by atoms with van der Waals surface area (Å²) in [5.74, 6) is 0.107. The highest BCUT2D eigenvalue weighted by molar-refractivity contribution is 7.20. The van der Waals surface area contributed by atoms with Gasteiger partial charge in [-0.3, -0.25) is 4.79 Å². The Morgan fingerprint density at radius 1 is 1.12 bits per heavy atom. The van der Waals surface area contributed by atoms with Crippen molar-refractivity contribution in [3.05, 3.63) is 71.4 Å². The van der Waals surface area contributed by atoms with Gasteiger partial charge in [0.25, 0.3) is 0 Å². The Bertz CT molecular complexity index is 1210. The van der Waals surface area contributed by atoms with Gasteiger partial charge in [0, 0.05) is 25.2 Å². The first kappa shape index (κ1) is 21.6. The molecule has 33 heavy (non-hydrogen) atoms. The van der Waals surface area contributed by atoms with Crippen LogP contribution in [0.15, 0.2) is 54.7 Å². The van der Waals surface area contributed by atoms with E-state index < -0.39 is 0 Å². The van der Waals surface area contributed by atoms with Gasteiger partial charge in [0.05, 0.1) is 17.8 Å². The Labute approximate surface area is 198 Å². The van der Waals surface area contributed by atoms with Crippen LogP contribution in [0, 0.1) is 12.8 Å². The van der Waals surface area contributed by atoms with Crippen molar-refractivity contribution in [1.82, 2.24) is 19.9 Å². The fourth-order valence-corrected chi connectivity index (χ4v) is 5.19. The maximum absolute atomic E-state index is 12.8. The van der Waals surface area contributed by atoms with Gasteiger partial charge in [-0.2, -0.15) is 0 Å². The molecule has 1 aliphatic heterocycles. The number of hydrogen-bond acceptors (Lipinski definition) is 5. The van der Waals surface area contributed by atoms with Gasteiger partial charge in [-0.1, -0.05) is 72.4 Å². The fourth-order valence-electron chi connectivity index (χ4n) is 4.27. The third kappa shape index (κ3) is 4.78. The number of piperidine rings is 1. The van der Waals surface area contributed by atoms with Crippen molar-refractivity contribution in [2.45, 2.75) is 39.7 Å². The van der Waals surface area contributed by atoms with E-state index in [1.807, 2.05) is 10.7 Å². The van der Waals surface area contributed by atoms with Crippen molar-refractivity contribution in [3.63, 3.8) is 0 Å². The second-order valence-corrected chi connectivity index (χ2v) is 9.71. The van der Waals surface area contributed by atoms with E-state index in [9.17, 15) is 4.79 Å². The van der Waals surface area contributed by atoms with Crippen LogP contribution >= 0.6 is 11.3 Å². The highest BCUT2D eigenvalue weighted by Crippen LogP contribution is 2.30. The third-order valence-electron chi connectivity index (χ3n) is 6.34. The normalized spacial score (nSPS) is 16.3. The average molecular weight is 460 g/mol. The van der Waals surface area contributed by atoms with Gasteiger partial charge in [0.1, 0.15) is 0 Å². The molecular weight excluding hydrogens is 430 g/mol. The number of aryl methyl sites for hydroxylation is 2. The second-order valence-electron chi connectivity index (χ2n) is 8.78. The summed E-state index contributed by atoms with van der Waals surface area (Å²) < 4.78 is 1.86. The number of carbonyl (C=O) groups excluding carboxylic acids is 1. The molecule has 1 amide bonds. The number of carbonyl (C=O) groups is 1. The highest BCUT2D eigenvalue weighted by atomic mass is 32.1. The summed E-state index contributed by atoms with van der Waals surface area (Å²) in [4.78, 5) is 20.7. The topological polar surface area (TPSA) is 62.5 Å². The molecule has 1 fully saturated rings. The van der Waals surface area contributed by atoms with Gasteiger partial charge in [0.15, 0.2) is 0 Å². The summed E-state index contributed by atoms with van der Waals surface area (Å²) in [6.07, 6.45) is 4.91. The predicted octanol–water partition coefficient (Wildman–Crippen LogP) is 4.86. The van der Waals surface area contributed by atoms with Crippen LogP contribution in [0.4, 0.5) is 5.13 Å². The zero-order valence-corrected chi connectivity index (χ0v) is 19.9. The Morgan fingerprint density at radius 2 is 1.88 bits per heavy atom. The van der Waals surface area contributed by atoms with Crippen molar-refractivity contribution in [1.29, 1.82) is 0 Å². The molecule has 4 aromatic rings. The molecule has 7 heteroatoms. The van der Waals surface area contributed by atoms with Crippen LogP contribution in [-0.4, -0.2) is 33.6 Å². The molecule has 2 aromatic heterocycles. The lowest BCUT2D eigenvalue weighted by molar-refractivity contribution is -0.125. The molecule has 0 spiro atoms. The molecule has 6 nitrogen and oxygen atoms in total. The summed E-state index contributed by atoms with van der Waals surface area (Å²) in [5, 5.41) is 8.83. The van der Waals surface area contributed by atoms with E-state index in [4.69, 9.17) is 10.1 Å². The monoisotopic (exact) mass is 459 g/mol. The lowest BCUT2D eigenvalue weighted by atomic mass is 9.97. The maximum Gasteiger partial charge on any atom is 0.225 e. The summed E-state index contributed by atoms with van der Waals surface area (Å²) >= 11 is 1.58.